The average molecular weight is 301 g/mol. The van der Waals surface area contributed by atoms with Crippen LogP contribution in [-0.2, 0) is 0 Å². The van der Waals surface area contributed by atoms with Crippen LogP contribution in [0.2, 0.25) is 10.0 Å². The van der Waals surface area contributed by atoms with Gasteiger partial charge in [-0.15, -0.1) is 0 Å². The van der Waals surface area contributed by atoms with Crippen LogP contribution in [0.3, 0.4) is 0 Å². The average Bonchev–Trinajstić information content (AvgIpc) is 2.26. The Kier molecular flexibility index (Phi) is 3.68. The second kappa shape index (κ2) is 5.25. The summed E-state index contributed by atoms with van der Waals surface area (Å²) >= 11 is 11.6. The largest absolute Gasteiger partial charge is 0.433 e. The Morgan fingerprint density at radius 3 is 2.47 bits per heavy atom. The van der Waals surface area contributed by atoms with E-state index in [0.717, 1.165) is 6.20 Å². The SMILES string of the molecule is Nc1ncc([N+](=O)[O-])c(Oc2cc(Cl)cc(Cl)c2)n1. The Hall–Kier alpha value is -2.12. The fourth-order valence-electron chi connectivity index (χ4n) is 1.27. The number of nitrogens with zero attached hydrogens (tertiary/aromatic N) is 3. The monoisotopic (exact) mass is 300 g/mol. The number of anilines is 1. The zero-order chi connectivity index (χ0) is 14.0. The molecule has 0 saturated heterocycles. The lowest BCUT2D eigenvalue weighted by Crippen LogP contribution is -2.01. The standard InChI is InChI=1S/C10H6Cl2N4O3/c11-5-1-6(12)3-7(2-5)19-9-8(16(17)18)4-14-10(13)15-9/h1-4H,(H2,13,14,15). The van der Waals surface area contributed by atoms with Crippen LogP contribution in [0, 0.1) is 10.1 Å². The van der Waals surface area contributed by atoms with Gasteiger partial charge in [0.25, 0.3) is 0 Å². The molecule has 1 aromatic heterocycles. The van der Waals surface area contributed by atoms with Crippen LogP contribution < -0.4 is 10.5 Å². The first-order valence-corrected chi connectivity index (χ1v) is 5.62. The Bertz CT molecular complexity index is 630. The van der Waals surface area contributed by atoms with E-state index in [1.165, 1.54) is 18.2 Å². The maximum absolute atomic E-state index is 10.8. The van der Waals surface area contributed by atoms with Gasteiger partial charge in [0.1, 0.15) is 11.9 Å². The second-order valence-corrected chi connectivity index (χ2v) is 4.26. The van der Waals surface area contributed by atoms with Gasteiger partial charge in [-0.3, -0.25) is 10.1 Å². The molecule has 0 bridgehead atoms. The van der Waals surface area contributed by atoms with E-state index in [2.05, 4.69) is 9.97 Å². The van der Waals surface area contributed by atoms with Gasteiger partial charge in [0, 0.05) is 10.0 Å². The van der Waals surface area contributed by atoms with Crippen molar-refractivity contribution in [2.75, 3.05) is 5.73 Å². The molecule has 0 radical (unpaired) electrons. The molecule has 0 spiro atoms. The summed E-state index contributed by atoms with van der Waals surface area (Å²) in [5, 5.41) is 11.5. The van der Waals surface area contributed by atoms with Gasteiger partial charge in [-0.1, -0.05) is 23.2 Å². The van der Waals surface area contributed by atoms with Crippen molar-refractivity contribution in [2.24, 2.45) is 0 Å². The predicted molar refractivity (Wildman–Crippen MR) is 69.6 cm³/mol. The van der Waals surface area contributed by atoms with Crippen molar-refractivity contribution in [1.82, 2.24) is 9.97 Å². The van der Waals surface area contributed by atoms with Gasteiger partial charge in [-0.05, 0) is 18.2 Å². The molecule has 0 fully saturated rings. The molecular formula is C10H6Cl2N4O3. The fraction of sp³-hybridized carbons (Fsp3) is 0. The van der Waals surface area contributed by atoms with E-state index >= 15 is 0 Å². The Morgan fingerprint density at radius 1 is 1.26 bits per heavy atom. The summed E-state index contributed by atoms with van der Waals surface area (Å²) in [4.78, 5) is 17.3. The summed E-state index contributed by atoms with van der Waals surface area (Å²) in [6, 6.07) is 4.38. The molecular weight excluding hydrogens is 295 g/mol. The highest BCUT2D eigenvalue weighted by molar-refractivity contribution is 6.34. The highest BCUT2D eigenvalue weighted by Gasteiger charge is 2.19. The van der Waals surface area contributed by atoms with E-state index in [0.29, 0.717) is 10.0 Å². The maximum atomic E-state index is 10.8. The Balaban J connectivity index is 2.42. The lowest BCUT2D eigenvalue weighted by atomic mass is 10.3. The van der Waals surface area contributed by atoms with Crippen LogP contribution in [-0.4, -0.2) is 14.9 Å². The van der Waals surface area contributed by atoms with Crippen LogP contribution >= 0.6 is 23.2 Å². The van der Waals surface area contributed by atoms with E-state index in [4.69, 9.17) is 33.7 Å². The van der Waals surface area contributed by atoms with Gasteiger partial charge in [-0.2, -0.15) is 4.98 Å². The fourth-order valence-corrected chi connectivity index (χ4v) is 1.78. The van der Waals surface area contributed by atoms with E-state index in [1.54, 1.807) is 0 Å². The molecule has 19 heavy (non-hydrogen) atoms. The lowest BCUT2D eigenvalue weighted by Gasteiger charge is -2.06. The molecule has 1 aromatic carbocycles. The molecule has 0 aliphatic rings. The molecule has 0 atom stereocenters. The summed E-state index contributed by atoms with van der Waals surface area (Å²) in [5.41, 5.74) is 4.95. The van der Waals surface area contributed by atoms with Crippen LogP contribution in [0.5, 0.6) is 11.6 Å². The minimum Gasteiger partial charge on any atom is -0.433 e. The summed E-state index contributed by atoms with van der Waals surface area (Å²) in [6.07, 6.45) is 0.962. The van der Waals surface area contributed by atoms with Crippen molar-refractivity contribution in [3.63, 3.8) is 0 Å². The second-order valence-electron chi connectivity index (χ2n) is 3.38. The molecule has 1 heterocycles. The van der Waals surface area contributed by atoms with Gasteiger partial charge in [-0.25, -0.2) is 4.98 Å². The van der Waals surface area contributed by atoms with Gasteiger partial charge in [0.15, 0.2) is 0 Å². The van der Waals surface area contributed by atoms with Gasteiger partial charge in [0.2, 0.25) is 5.95 Å². The van der Waals surface area contributed by atoms with Gasteiger partial charge in [0.05, 0.1) is 4.92 Å². The number of halogens is 2. The highest BCUT2D eigenvalue weighted by atomic mass is 35.5. The highest BCUT2D eigenvalue weighted by Crippen LogP contribution is 2.32. The minimum absolute atomic E-state index is 0.145. The van der Waals surface area contributed by atoms with Crippen molar-refractivity contribution >= 4 is 34.8 Å². The zero-order valence-corrected chi connectivity index (χ0v) is 10.7. The van der Waals surface area contributed by atoms with E-state index < -0.39 is 10.6 Å². The molecule has 0 unspecified atom stereocenters. The number of rotatable bonds is 3. The number of nitro groups is 1. The van der Waals surface area contributed by atoms with Crippen molar-refractivity contribution < 1.29 is 9.66 Å². The summed E-state index contributed by atoms with van der Waals surface area (Å²) in [7, 11) is 0. The number of hydrogen-bond acceptors (Lipinski definition) is 6. The molecule has 0 amide bonds. The van der Waals surface area contributed by atoms with E-state index in [-0.39, 0.29) is 17.6 Å². The zero-order valence-electron chi connectivity index (χ0n) is 9.21. The van der Waals surface area contributed by atoms with E-state index in [1.807, 2.05) is 0 Å². The summed E-state index contributed by atoms with van der Waals surface area (Å²) < 4.78 is 5.27. The molecule has 2 aromatic rings. The number of aromatic nitrogens is 2. The molecule has 0 aliphatic heterocycles. The molecule has 0 saturated carbocycles. The van der Waals surface area contributed by atoms with Crippen LogP contribution in [0.1, 0.15) is 0 Å². The van der Waals surface area contributed by atoms with Gasteiger partial charge < -0.3 is 10.5 Å². The number of nitrogen functional groups attached to an aromatic ring is 1. The lowest BCUT2D eigenvalue weighted by molar-refractivity contribution is -0.386. The maximum Gasteiger partial charge on any atom is 0.349 e. The van der Waals surface area contributed by atoms with Crippen LogP contribution in [0.15, 0.2) is 24.4 Å². The number of benzene rings is 1. The van der Waals surface area contributed by atoms with Gasteiger partial charge >= 0.3 is 11.6 Å². The minimum atomic E-state index is -0.680. The first-order chi connectivity index (χ1) is 8.95. The number of hydrogen-bond donors (Lipinski definition) is 1. The molecule has 2 N–H and O–H groups in total. The molecule has 9 heteroatoms. The molecule has 7 nitrogen and oxygen atoms in total. The Morgan fingerprint density at radius 2 is 1.89 bits per heavy atom. The number of ether oxygens (including phenoxy) is 1. The third-order valence-corrected chi connectivity index (χ3v) is 2.44. The van der Waals surface area contributed by atoms with Crippen molar-refractivity contribution in [1.29, 1.82) is 0 Å². The molecule has 2 rings (SSSR count). The predicted octanol–water partition coefficient (Wildman–Crippen LogP) is 3.07. The number of nitrogens with two attached hydrogens (primary N) is 1. The normalized spacial score (nSPS) is 10.2. The third-order valence-electron chi connectivity index (χ3n) is 2.00. The third kappa shape index (κ3) is 3.21. The van der Waals surface area contributed by atoms with Crippen molar-refractivity contribution in [2.45, 2.75) is 0 Å². The summed E-state index contributed by atoms with van der Waals surface area (Å²) in [6.45, 7) is 0. The van der Waals surface area contributed by atoms with Crippen LogP contribution in [0.4, 0.5) is 11.6 Å². The van der Waals surface area contributed by atoms with E-state index in [9.17, 15) is 10.1 Å². The molecule has 0 aliphatic carbocycles. The first kappa shape index (κ1) is 13.3. The van der Waals surface area contributed by atoms with Crippen molar-refractivity contribution in [3.05, 3.63) is 44.6 Å². The topological polar surface area (TPSA) is 104 Å². The summed E-state index contributed by atoms with van der Waals surface area (Å²) in [5.74, 6) is -0.219. The van der Waals surface area contributed by atoms with Crippen molar-refractivity contribution in [3.8, 4) is 11.6 Å². The Labute approximate surface area is 117 Å². The quantitative estimate of drug-likeness (QED) is 0.690. The van der Waals surface area contributed by atoms with Crippen LogP contribution in [0.25, 0.3) is 0 Å². The molecule has 98 valence electrons. The first-order valence-electron chi connectivity index (χ1n) is 4.86. The smallest absolute Gasteiger partial charge is 0.349 e.